The Labute approximate surface area is 185 Å². The van der Waals surface area contributed by atoms with E-state index in [4.69, 9.17) is 33.9 Å². The molecule has 0 unspecified atom stereocenters. The summed E-state index contributed by atoms with van der Waals surface area (Å²) in [6, 6.07) is 0. The van der Waals surface area contributed by atoms with Crippen LogP contribution in [0.5, 0.6) is 0 Å². The van der Waals surface area contributed by atoms with Gasteiger partial charge in [-0.3, -0.25) is 9.59 Å². The molecule has 8 N–H and O–H groups in total. The Bertz CT molecular complexity index is 798. The van der Waals surface area contributed by atoms with Gasteiger partial charge in [0.2, 0.25) is 0 Å². The van der Waals surface area contributed by atoms with Crippen molar-refractivity contribution in [3.8, 4) is 0 Å². The number of hydrogen-bond acceptors (Lipinski definition) is 8. The van der Waals surface area contributed by atoms with Gasteiger partial charge in [0, 0.05) is 39.1 Å². The number of nitrogen functional groups attached to an aromatic ring is 2. The minimum absolute atomic E-state index is 0.0332. The average Bonchev–Trinajstić information content (AvgIpc) is 2.71. The first-order valence-electron chi connectivity index (χ1n) is 10.1. The molecule has 172 valence electrons. The molecule has 31 heavy (non-hydrogen) atoms. The molecule has 1 aromatic heterocycles. The van der Waals surface area contributed by atoms with E-state index in [-0.39, 0.29) is 34.9 Å². The van der Waals surface area contributed by atoms with Crippen LogP contribution in [0.1, 0.15) is 36.2 Å². The summed E-state index contributed by atoms with van der Waals surface area (Å²) in [6.07, 6.45) is 2.74. The third-order valence-corrected chi connectivity index (χ3v) is 5.14. The number of nitrogens with one attached hydrogen (secondary N) is 1. The number of guanidine groups is 1. The van der Waals surface area contributed by atoms with Crippen LogP contribution in [-0.4, -0.2) is 88.5 Å². The lowest BCUT2D eigenvalue weighted by molar-refractivity contribution is -0.137. The standard InChI is InChI=1S/C18H30ClN9O3/c19-14-16(21)25-15(20)13(24-14)17(31)26-18(22)23-5-1-2-6-27-8-10-28(11-9-27)7-3-4-12(29)30/h1-11H2,(H,29,30)(H4,20,21,25)(H3,22,23,26,31). The van der Waals surface area contributed by atoms with Crippen LogP contribution in [0.4, 0.5) is 11.6 Å². The van der Waals surface area contributed by atoms with Crippen LogP contribution in [0, 0.1) is 0 Å². The lowest BCUT2D eigenvalue weighted by Gasteiger charge is -2.34. The van der Waals surface area contributed by atoms with Gasteiger partial charge in [0.25, 0.3) is 0 Å². The Morgan fingerprint density at radius 1 is 1.03 bits per heavy atom. The van der Waals surface area contributed by atoms with Gasteiger partial charge in [0.1, 0.15) is 0 Å². The molecule has 1 aliphatic heterocycles. The molecule has 1 aliphatic rings. The number of aromatic nitrogens is 2. The SMILES string of the molecule is NC(=NC(=O)c1nc(Cl)c(N)nc1N)NCCCCN1CCN(CCCC(=O)O)CC1. The van der Waals surface area contributed by atoms with Crippen molar-refractivity contribution in [1.29, 1.82) is 0 Å². The molecule has 1 amide bonds. The van der Waals surface area contributed by atoms with E-state index in [2.05, 4.69) is 30.1 Å². The van der Waals surface area contributed by atoms with Crippen LogP contribution in [0.2, 0.25) is 5.15 Å². The van der Waals surface area contributed by atoms with Crippen molar-refractivity contribution < 1.29 is 14.7 Å². The second-order valence-electron chi connectivity index (χ2n) is 7.25. The van der Waals surface area contributed by atoms with Crippen molar-refractivity contribution in [1.82, 2.24) is 25.1 Å². The zero-order valence-corrected chi connectivity index (χ0v) is 18.1. The maximum Gasteiger partial charge on any atom is 0.303 e. The topological polar surface area (TPSA) is 189 Å². The lowest BCUT2D eigenvalue weighted by Crippen LogP contribution is -2.46. The number of carbonyl (C=O) groups is 2. The van der Waals surface area contributed by atoms with E-state index in [9.17, 15) is 9.59 Å². The summed E-state index contributed by atoms with van der Waals surface area (Å²) in [4.78, 5) is 38.7. The molecule has 1 aromatic rings. The minimum Gasteiger partial charge on any atom is -0.481 e. The van der Waals surface area contributed by atoms with Gasteiger partial charge < -0.3 is 37.4 Å². The number of rotatable bonds is 10. The lowest BCUT2D eigenvalue weighted by atomic mass is 10.2. The Hall–Kier alpha value is -2.70. The van der Waals surface area contributed by atoms with E-state index in [0.29, 0.717) is 13.0 Å². The average molecular weight is 456 g/mol. The fourth-order valence-electron chi connectivity index (χ4n) is 3.17. The predicted molar refractivity (Wildman–Crippen MR) is 119 cm³/mol. The van der Waals surface area contributed by atoms with E-state index in [1.165, 1.54) is 0 Å². The van der Waals surface area contributed by atoms with Crippen LogP contribution in [0.3, 0.4) is 0 Å². The summed E-state index contributed by atoms with van der Waals surface area (Å²) in [5, 5.41) is 11.5. The fraction of sp³-hybridized carbons (Fsp3) is 0.611. The van der Waals surface area contributed by atoms with Crippen molar-refractivity contribution in [2.45, 2.75) is 25.7 Å². The quantitative estimate of drug-likeness (QED) is 0.175. The predicted octanol–water partition coefficient (Wildman–Crippen LogP) is -0.398. The molecule has 1 fully saturated rings. The van der Waals surface area contributed by atoms with Crippen LogP contribution >= 0.6 is 11.6 Å². The molecule has 2 heterocycles. The molecule has 12 nitrogen and oxygen atoms in total. The van der Waals surface area contributed by atoms with Crippen molar-refractivity contribution in [3.63, 3.8) is 0 Å². The number of piperazine rings is 1. The number of amides is 1. The highest BCUT2D eigenvalue weighted by atomic mass is 35.5. The Balaban J connectivity index is 1.62. The van der Waals surface area contributed by atoms with Gasteiger partial charge in [-0.25, -0.2) is 9.97 Å². The van der Waals surface area contributed by atoms with Gasteiger partial charge in [-0.2, -0.15) is 4.99 Å². The number of aliphatic imine (C=N–C) groups is 1. The van der Waals surface area contributed by atoms with E-state index >= 15 is 0 Å². The second-order valence-corrected chi connectivity index (χ2v) is 7.61. The summed E-state index contributed by atoms with van der Waals surface area (Å²) in [5.41, 5.74) is 16.7. The van der Waals surface area contributed by atoms with Crippen molar-refractivity contribution in [2.75, 3.05) is 57.3 Å². The first kappa shape index (κ1) is 24.6. The maximum absolute atomic E-state index is 12.1. The first-order chi connectivity index (χ1) is 14.8. The van der Waals surface area contributed by atoms with Gasteiger partial charge in [-0.05, 0) is 32.4 Å². The maximum atomic E-state index is 12.1. The highest BCUT2D eigenvalue weighted by Gasteiger charge is 2.17. The second kappa shape index (κ2) is 12.2. The van der Waals surface area contributed by atoms with Gasteiger partial charge in [0.15, 0.2) is 28.4 Å². The van der Waals surface area contributed by atoms with Crippen molar-refractivity contribution in [2.24, 2.45) is 10.7 Å². The van der Waals surface area contributed by atoms with Crippen LogP contribution in [0.25, 0.3) is 0 Å². The number of carboxylic acid groups (broad SMARTS) is 1. The highest BCUT2D eigenvalue weighted by molar-refractivity contribution is 6.31. The monoisotopic (exact) mass is 455 g/mol. The molecule has 13 heteroatoms. The number of nitrogens with two attached hydrogens (primary N) is 3. The third kappa shape index (κ3) is 8.52. The minimum atomic E-state index is -0.752. The molecule has 0 atom stereocenters. The summed E-state index contributed by atoms with van der Waals surface area (Å²) in [6.45, 7) is 6.25. The third-order valence-electron chi connectivity index (χ3n) is 4.87. The number of carbonyl (C=O) groups excluding carboxylic acids is 1. The number of aliphatic carboxylic acids is 1. The number of anilines is 2. The zero-order chi connectivity index (χ0) is 22.8. The van der Waals surface area contributed by atoms with E-state index in [0.717, 1.165) is 52.1 Å². The van der Waals surface area contributed by atoms with Gasteiger partial charge in [-0.15, -0.1) is 0 Å². The zero-order valence-electron chi connectivity index (χ0n) is 17.4. The molecule has 0 aliphatic carbocycles. The molecule has 0 spiro atoms. The summed E-state index contributed by atoms with van der Waals surface area (Å²) in [7, 11) is 0. The number of halogens is 1. The van der Waals surface area contributed by atoms with Gasteiger partial charge in [-0.1, -0.05) is 11.6 Å². The van der Waals surface area contributed by atoms with E-state index in [1.807, 2.05) is 0 Å². The van der Waals surface area contributed by atoms with Crippen LogP contribution in [0.15, 0.2) is 4.99 Å². The molecule has 0 radical (unpaired) electrons. The summed E-state index contributed by atoms with van der Waals surface area (Å²) < 4.78 is 0. The smallest absolute Gasteiger partial charge is 0.303 e. The first-order valence-corrected chi connectivity index (χ1v) is 10.5. The van der Waals surface area contributed by atoms with E-state index in [1.54, 1.807) is 0 Å². The normalized spacial score (nSPS) is 15.7. The highest BCUT2D eigenvalue weighted by Crippen LogP contribution is 2.17. The Morgan fingerprint density at radius 2 is 1.65 bits per heavy atom. The molecule has 0 aromatic carbocycles. The van der Waals surface area contributed by atoms with Crippen molar-refractivity contribution in [3.05, 3.63) is 10.8 Å². The number of unbranched alkanes of at least 4 members (excludes halogenated alkanes) is 1. The fourth-order valence-corrected chi connectivity index (χ4v) is 3.29. The van der Waals surface area contributed by atoms with Crippen molar-refractivity contribution >= 4 is 41.1 Å². The van der Waals surface area contributed by atoms with Crippen LogP contribution in [-0.2, 0) is 4.79 Å². The largest absolute Gasteiger partial charge is 0.481 e. The molecule has 0 saturated carbocycles. The van der Waals surface area contributed by atoms with Gasteiger partial charge in [0.05, 0.1) is 0 Å². The molecule has 1 saturated heterocycles. The summed E-state index contributed by atoms with van der Waals surface area (Å²) >= 11 is 5.76. The number of hydrogen-bond donors (Lipinski definition) is 5. The van der Waals surface area contributed by atoms with E-state index < -0.39 is 11.9 Å². The van der Waals surface area contributed by atoms with Gasteiger partial charge >= 0.3 is 11.9 Å². The molecular formula is C18H30ClN9O3. The Morgan fingerprint density at radius 3 is 2.26 bits per heavy atom. The number of carboxylic acids is 1. The molecule has 2 rings (SSSR count). The Kier molecular flexibility index (Phi) is 9.69. The summed E-state index contributed by atoms with van der Waals surface area (Å²) in [5.74, 6) is -1.75. The van der Waals surface area contributed by atoms with Crippen LogP contribution < -0.4 is 22.5 Å². The molecular weight excluding hydrogens is 426 g/mol. The molecule has 0 bridgehead atoms. The number of nitrogens with zero attached hydrogens (tertiary/aromatic N) is 5.